The summed E-state index contributed by atoms with van der Waals surface area (Å²) < 4.78 is 2.39. The predicted octanol–water partition coefficient (Wildman–Crippen LogP) is 12.2. The van der Waals surface area contributed by atoms with Gasteiger partial charge in [-0.05, 0) is 114 Å². The van der Waals surface area contributed by atoms with Crippen molar-refractivity contribution in [2.75, 3.05) is 4.90 Å². The number of nitrogens with zero attached hydrogens (tertiary/aromatic N) is 2. The van der Waals surface area contributed by atoms with E-state index in [9.17, 15) is 0 Å². The molecule has 2 nitrogen and oxygen atoms in total. The van der Waals surface area contributed by atoms with Crippen LogP contribution in [0.15, 0.2) is 163 Å². The fourth-order valence-electron chi connectivity index (χ4n) is 7.92. The molecule has 2 aliphatic rings. The molecule has 1 heterocycles. The molecule has 0 aliphatic heterocycles. The summed E-state index contributed by atoms with van der Waals surface area (Å²) in [5.74, 6) is 0.664. The van der Waals surface area contributed by atoms with Gasteiger partial charge in [0.05, 0.1) is 11.0 Å². The minimum Gasteiger partial charge on any atom is -0.310 e. The molecule has 226 valence electrons. The van der Waals surface area contributed by atoms with E-state index in [0.29, 0.717) is 5.92 Å². The zero-order valence-corrected chi connectivity index (χ0v) is 26.6. The van der Waals surface area contributed by atoms with Crippen LogP contribution in [0.3, 0.4) is 0 Å². The van der Waals surface area contributed by atoms with Crippen LogP contribution in [0.25, 0.3) is 44.2 Å². The van der Waals surface area contributed by atoms with Gasteiger partial charge in [0, 0.05) is 33.5 Å². The van der Waals surface area contributed by atoms with Crippen LogP contribution in [-0.4, -0.2) is 4.57 Å². The van der Waals surface area contributed by atoms with E-state index in [-0.39, 0.29) is 0 Å². The predicted molar refractivity (Wildman–Crippen MR) is 199 cm³/mol. The van der Waals surface area contributed by atoms with Crippen LogP contribution in [0.1, 0.15) is 30.9 Å². The largest absolute Gasteiger partial charge is 0.310 e. The van der Waals surface area contributed by atoms with E-state index < -0.39 is 0 Å². The number of hydrogen-bond acceptors (Lipinski definition) is 1. The summed E-state index contributed by atoms with van der Waals surface area (Å²) in [4.78, 5) is 2.39. The summed E-state index contributed by atoms with van der Waals surface area (Å²) in [6.07, 6.45) is 8.16. The monoisotopic (exact) mass is 604 g/mol. The molecule has 0 saturated carbocycles. The van der Waals surface area contributed by atoms with E-state index in [1.165, 1.54) is 73.8 Å². The van der Waals surface area contributed by atoms with Gasteiger partial charge < -0.3 is 9.47 Å². The van der Waals surface area contributed by atoms with Crippen molar-refractivity contribution < 1.29 is 0 Å². The first-order valence-electron chi connectivity index (χ1n) is 16.8. The molecule has 6 aromatic carbocycles. The minimum atomic E-state index is 0.664. The van der Waals surface area contributed by atoms with Gasteiger partial charge in [0.15, 0.2) is 0 Å². The van der Waals surface area contributed by atoms with E-state index in [0.717, 1.165) is 17.8 Å². The number of benzene rings is 6. The number of allylic oxidation sites excluding steroid dienone is 4. The van der Waals surface area contributed by atoms with E-state index in [1.807, 2.05) is 0 Å². The Morgan fingerprint density at radius 2 is 1.30 bits per heavy atom. The summed E-state index contributed by atoms with van der Waals surface area (Å²) >= 11 is 0. The van der Waals surface area contributed by atoms with Crippen LogP contribution < -0.4 is 4.90 Å². The van der Waals surface area contributed by atoms with Gasteiger partial charge in [-0.25, -0.2) is 0 Å². The van der Waals surface area contributed by atoms with Gasteiger partial charge in [-0.1, -0.05) is 110 Å². The SMILES string of the molecule is CCC1CC=CC2=C1Cc1cc(N(c3ccccc3)c3ccc(-c4cccc(-n5c6ccccc6c6ccccc65)c4)cc3)ccc12. The highest BCUT2D eigenvalue weighted by molar-refractivity contribution is 6.09. The lowest BCUT2D eigenvalue weighted by Crippen LogP contribution is -2.10. The first-order chi connectivity index (χ1) is 23.3. The Hall–Kier alpha value is -5.60. The molecule has 0 radical (unpaired) electrons. The van der Waals surface area contributed by atoms with Gasteiger partial charge >= 0.3 is 0 Å². The zero-order chi connectivity index (χ0) is 31.3. The molecular weight excluding hydrogens is 569 g/mol. The van der Waals surface area contributed by atoms with Crippen LogP contribution in [0.5, 0.6) is 0 Å². The number of fused-ring (bicyclic) bond motifs is 5. The van der Waals surface area contributed by atoms with Gasteiger partial charge in [-0.2, -0.15) is 0 Å². The molecule has 47 heavy (non-hydrogen) atoms. The molecule has 2 aliphatic carbocycles. The lowest BCUT2D eigenvalue weighted by molar-refractivity contribution is 0.588. The Bertz CT molecular complexity index is 2280. The minimum absolute atomic E-state index is 0.664. The maximum absolute atomic E-state index is 2.42. The number of anilines is 3. The second-order valence-corrected chi connectivity index (χ2v) is 12.8. The highest BCUT2D eigenvalue weighted by atomic mass is 15.1. The topological polar surface area (TPSA) is 8.17 Å². The lowest BCUT2D eigenvalue weighted by Gasteiger charge is -2.26. The molecule has 7 aromatic rings. The van der Waals surface area contributed by atoms with Crippen molar-refractivity contribution in [3.63, 3.8) is 0 Å². The molecule has 2 heteroatoms. The highest BCUT2D eigenvalue weighted by Gasteiger charge is 2.28. The first kappa shape index (κ1) is 27.7. The third kappa shape index (κ3) is 4.63. The molecule has 0 amide bonds. The number of aromatic nitrogens is 1. The summed E-state index contributed by atoms with van der Waals surface area (Å²) in [6, 6.07) is 53.2. The molecule has 0 bridgehead atoms. The molecular formula is C45H36N2. The van der Waals surface area contributed by atoms with Crippen LogP contribution in [-0.2, 0) is 6.42 Å². The molecule has 9 rings (SSSR count). The normalized spacial score (nSPS) is 15.3. The molecule has 1 atom stereocenters. The summed E-state index contributed by atoms with van der Waals surface area (Å²) in [6.45, 7) is 2.32. The zero-order valence-electron chi connectivity index (χ0n) is 26.6. The van der Waals surface area contributed by atoms with Crippen LogP contribution in [0, 0.1) is 5.92 Å². The van der Waals surface area contributed by atoms with Crippen molar-refractivity contribution in [1.82, 2.24) is 4.57 Å². The third-order valence-corrected chi connectivity index (χ3v) is 10.2. The van der Waals surface area contributed by atoms with Crippen molar-refractivity contribution >= 4 is 44.4 Å². The average molecular weight is 605 g/mol. The fraction of sp³-hybridized carbons (Fsp3) is 0.111. The quantitative estimate of drug-likeness (QED) is 0.183. The van der Waals surface area contributed by atoms with Gasteiger partial charge in [0.1, 0.15) is 0 Å². The Morgan fingerprint density at radius 3 is 2.04 bits per heavy atom. The van der Waals surface area contributed by atoms with E-state index in [4.69, 9.17) is 0 Å². The highest BCUT2D eigenvalue weighted by Crippen LogP contribution is 2.45. The molecule has 0 N–H and O–H groups in total. The Morgan fingerprint density at radius 1 is 0.617 bits per heavy atom. The average Bonchev–Trinajstić information content (AvgIpc) is 3.68. The fourth-order valence-corrected chi connectivity index (χ4v) is 7.92. The summed E-state index contributed by atoms with van der Waals surface area (Å²) in [7, 11) is 0. The van der Waals surface area contributed by atoms with Crippen molar-refractivity contribution in [2.24, 2.45) is 5.92 Å². The van der Waals surface area contributed by atoms with E-state index in [1.54, 1.807) is 5.57 Å². The summed E-state index contributed by atoms with van der Waals surface area (Å²) in [5.41, 5.74) is 15.5. The lowest BCUT2D eigenvalue weighted by atomic mass is 9.86. The Labute approximate surface area is 276 Å². The van der Waals surface area contributed by atoms with Gasteiger partial charge in [0.25, 0.3) is 0 Å². The molecule has 1 aromatic heterocycles. The molecule has 1 unspecified atom stereocenters. The Kier molecular flexibility index (Phi) is 6.67. The van der Waals surface area contributed by atoms with E-state index in [2.05, 4.69) is 174 Å². The maximum atomic E-state index is 2.42. The number of hydrogen-bond donors (Lipinski definition) is 0. The van der Waals surface area contributed by atoms with Crippen molar-refractivity contribution in [2.45, 2.75) is 26.2 Å². The molecule has 0 fully saturated rings. The van der Waals surface area contributed by atoms with Crippen molar-refractivity contribution in [3.05, 3.63) is 174 Å². The number of rotatable bonds is 6. The van der Waals surface area contributed by atoms with Crippen molar-refractivity contribution in [3.8, 4) is 16.8 Å². The maximum Gasteiger partial charge on any atom is 0.0541 e. The number of para-hydroxylation sites is 3. The second-order valence-electron chi connectivity index (χ2n) is 12.8. The van der Waals surface area contributed by atoms with Gasteiger partial charge in [-0.15, -0.1) is 0 Å². The van der Waals surface area contributed by atoms with Gasteiger partial charge in [-0.3, -0.25) is 0 Å². The first-order valence-corrected chi connectivity index (χ1v) is 16.8. The Balaban J connectivity index is 1.08. The standard InChI is InChI=1S/C45H36N2/c1-2-31-12-11-19-40-39-27-26-38(29-34(39)30-43(31)40)46(35-14-4-3-5-15-35)36-24-22-32(23-25-36)33-13-10-16-37(28-33)47-44-20-8-6-17-41(44)42-18-7-9-21-45(42)47/h3-11,13-29,31H,2,12,30H2,1H3. The molecule has 0 spiro atoms. The van der Waals surface area contributed by atoms with Crippen molar-refractivity contribution in [1.29, 1.82) is 0 Å². The van der Waals surface area contributed by atoms with Crippen LogP contribution in [0.2, 0.25) is 0 Å². The second kappa shape index (κ2) is 11.3. The van der Waals surface area contributed by atoms with Crippen LogP contribution in [0.4, 0.5) is 17.1 Å². The summed E-state index contributed by atoms with van der Waals surface area (Å²) in [5, 5.41) is 2.56. The molecule has 0 saturated heterocycles. The third-order valence-electron chi connectivity index (χ3n) is 10.2. The van der Waals surface area contributed by atoms with E-state index >= 15 is 0 Å². The smallest absolute Gasteiger partial charge is 0.0541 e. The van der Waals surface area contributed by atoms with Crippen LogP contribution >= 0.6 is 0 Å². The van der Waals surface area contributed by atoms with Gasteiger partial charge in [0.2, 0.25) is 0 Å².